The maximum Gasteiger partial charge on any atom is 0.341 e. The highest BCUT2D eigenvalue weighted by Crippen LogP contribution is 2.29. The van der Waals surface area contributed by atoms with Crippen molar-refractivity contribution in [2.75, 3.05) is 19.6 Å². The predicted molar refractivity (Wildman–Crippen MR) is 120 cm³/mol. The van der Waals surface area contributed by atoms with E-state index in [-0.39, 0.29) is 12.1 Å². The van der Waals surface area contributed by atoms with Gasteiger partial charge in [0.1, 0.15) is 6.10 Å². The molecule has 1 atom stereocenters. The Hall–Kier alpha value is -2.11. The van der Waals surface area contributed by atoms with Gasteiger partial charge >= 0.3 is 5.97 Å². The predicted octanol–water partition coefficient (Wildman–Crippen LogP) is 5.80. The number of rotatable bonds is 6. The maximum atomic E-state index is 13.0. The topological polar surface area (TPSA) is 45.3 Å². The molecule has 0 amide bonds. The molecule has 1 saturated heterocycles. The van der Waals surface area contributed by atoms with E-state index in [1.165, 1.54) is 31.5 Å². The van der Waals surface area contributed by atoms with Crippen LogP contribution in [-0.2, 0) is 11.2 Å². The average molecular weight is 455 g/mol. The molecule has 0 radical (unpaired) electrons. The van der Waals surface area contributed by atoms with Crippen molar-refractivity contribution >= 4 is 32.8 Å². The highest BCUT2D eigenvalue weighted by Gasteiger charge is 2.21. The lowest BCUT2D eigenvalue weighted by molar-refractivity contribution is 0.0338. The third kappa shape index (κ3) is 4.41. The van der Waals surface area contributed by atoms with Crippen molar-refractivity contribution in [3.8, 4) is 0 Å². The summed E-state index contributed by atoms with van der Waals surface area (Å²) in [6, 6.07) is 14.2. The van der Waals surface area contributed by atoms with Gasteiger partial charge in [-0.3, -0.25) is 0 Å². The van der Waals surface area contributed by atoms with Crippen LogP contribution in [0.4, 0.5) is 0 Å². The second-order valence-corrected chi connectivity index (χ2v) is 8.73. The number of fused-ring (bicyclic) bond motifs is 1. The minimum atomic E-state index is -0.333. The van der Waals surface area contributed by atoms with Crippen molar-refractivity contribution < 1.29 is 9.53 Å². The Labute approximate surface area is 180 Å². The van der Waals surface area contributed by atoms with Crippen LogP contribution < -0.4 is 0 Å². The van der Waals surface area contributed by atoms with E-state index in [0.29, 0.717) is 5.56 Å². The van der Waals surface area contributed by atoms with Gasteiger partial charge in [-0.15, -0.1) is 0 Å². The molecule has 1 aliphatic heterocycles. The molecule has 2 aromatic carbocycles. The molecule has 3 aromatic rings. The molecule has 0 spiro atoms. The van der Waals surface area contributed by atoms with Gasteiger partial charge in [0, 0.05) is 33.2 Å². The first kappa shape index (κ1) is 20.2. The molecule has 5 heteroatoms. The molecule has 1 aliphatic rings. The van der Waals surface area contributed by atoms with Gasteiger partial charge in [0.2, 0.25) is 0 Å². The van der Waals surface area contributed by atoms with Crippen LogP contribution in [0, 0.1) is 6.92 Å². The van der Waals surface area contributed by atoms with E-state index in [4.69, 9.17) is 4.74 Å². The van der Waals surface area contributed by atoms with Gasteiger partial charge < -0.3 is 14.6 Å². The van der Waals surface area contributed by atoms with E-state index in [1.54, 1.807) is 0 Å². The summed E-state index contributed by atoms with van der Waals surface area (Å²) in [5.41, 5.74) is 4.69. The number of esters is 1. The normalized spacial score (nSPS) is 15.7. The van der Waals surface area contributed by atoms with Crippen molar-refractivity contribution in [3.05, 3.63) is 69.3 Å². The fourth-order valence-electron chi connectivity index (χ4n) is 4.17. The van der Waals surface area contributed by atoms with E-state index < -0.39 is 0 Å². The van der Waals surface area contributed by atoms with Crippen molar-refractivity contribution in [2.24, 2.45) is 0 Å². The number of benzene rings is 2. The molecule has 1 N–H and O–H groups in total. The van der Waals surface area contributed by atoms with E-state index in [1.807, 2.05) is 38.1 Å². The van der Waals surface area contributed by atoms with Crippen LogP contribution in [0.25, 0.3) is 10.9 Å². The smallest absolute Gasteiger partial charge is 0.341 e. The highest BCUT2D eigenvalue weighted by molar-refractivity contribution is 9.10. The number of carbonyl (C=O) groups is 1. The van der Waals surface area contributed by atoms with E-state index in [0.717, 1.165) is 39.6 Å². The van der Waals surface area contributed by atoms with Crippen molar-refractivity contribution in [3.63, 3.8) is 0 Å². The third-order valence-corrected chi connectivity index (χ3v) is 6.52. The van der Waals surface area contributed by atoms with E-state index in [9.17, 15) is 4.79 Å². The van der Waals surface area contributed by atoms with Crippen LogP contribution in [0.5, 0.6) is 0 Å². The molecule has 1 unspecified atom stereocenters. The van der Waals surface area contributed by atoms with Crippen LogP contribution in [0.1, 0.15) is 53.0 Å². The number of likely N-dealkylation sites (tertiary alicyclic amines) is 1. The summed E-state index contributed by atoms with van der Waals surface area (Å²) in [7, 11) is 0. The average Bonchev–Trinajstić information content (AvgIpc) is 3.33. The summed E-state index contributed by atoms with van der Waals surface area (Å²) in [6.07, 6.45) is 3.28. The number of aryl methyl sites for hydroxylation is 1. The Morgan fingerprint density at radius 1 is 1.21 bits per heavy atom. The molecule has 152 valence electrons. The van der Waals surface area contributed by atoms with Gasteiger partial charge in [0.25, 0.3) is 0 Å². The number of carbonyl (C=O) groups excluding carboxylic acids is 1. The molecule has 4 nitrogen and oxygen atoms in total. The number of hydrogen-bond acceptors (Lipinski definition) is 3. The molecule has 0 aliphatic carbocycles. The van der Waals surface area contributed by atoms with Crippen LogP contribution >= 0.6 is 15.9 Å². The van der Waals surface area contributed by atoms with Gasteiger partial charge in [-0.25, -0.2) is 4.79 Å². The van der Waals surface area contributed by atoms with Crippen LogP contribution in [-0.4, -0.2) is 35.5 Å². The monoisotopic (exact) mass is 454 g/mol. The number of aromatic amines is 1. The van der Waals surface area contributed by atoms with Crippen molar-refractivity contribution in [2.45, 2.75) is 39.2 Å². The summed E-state index contributed by atoms with van der Waals surface area (Å²) < 4.78 is 6.78. The molecule has 0 bridgehead atoms. The molecular formula is C24H27BrN2O2. The number of hydrogen-bond donors (Lipinski definition) is 1. The number of nitrogens with one attached hydrogen (secondary N) is 1. The molecule has 0 saturated carbocycles. The number of nitrogens with zero attached hydrogens (tertiary/aromatic N) is 1. The van der Waals surface area contributed by atoms with E-state index >= 15 is 0 Å². The number of halogens is 1. The first-order valence-corrected chi connectivity index (χ1v) is 11.1. The zero-order valence-electron chi connectivity index (χ0n) is 17.0. The Balaban J connectivity index is 1.55. The standard InChI is InChI=1S/C24H27BrN2O2/c1-16-23(24(28)29-17(2)19-7-3-4-8-21(19)25)20-15-18(9-10-22(20)26-16)11-14-27-12-5-6-13-27/h3-4,7-10,15,17,26H,5-6,11-14H2,1-2H3. The van der Waals surface area contributed by atoms with Gasteiger partial charge in [-0.05, 0) is 70.0 Å². The molecule has 29 heavy (non-hydrogen) atoms. The lowest BCUT2D eigenvalue weighted by Gasteiger charge is -2.15. The quantitative estimate of drug-likeness (QED) is 0.479. The largest absolute Gasteiger partial charge is 0.454 e. The lowest BCUT2D eigenvalue weighted by atomic mass is 10.1. The molecule has 1 aromatic heterocycles. The first-order valence-electron chi connectivity index (χ1n) is 10.3. The summed E-state index contributed by atoms with van der Waals surface area (Å²) in [5.74, 6) is -0.284. The Morgan fingerprint density at radius 3 is 2.72 bits per heavy atom. The Morgan fingerprint density at radius 2 is 1.97 bits per heavy atom. The van der Waals surface area contributed by atoms with E-state index in [2.05, 4.69) is 44.0 Å². The molecule has 2 heterocycles. The van der Waals surface area contributed by atoms with Gasteiger partial charge in [-0.1, -0.05) is 40.2 Å². The fraction of sp³-hybridized carbons (Fsp3) is 0.375. The third-order valence-electron chi connectivity index (χ3n) is 5.80. The second kappa shape index (κ2) is 8.72. The van der Waals surface area contributed by atoms with Crippen molar-refractivity contribution in [1.29, 1.82) is 0 Å². The minimum Gasteiger partial charge on any atom is -0.454 e. The summed E-state index contributed by atoms with van der Waals surface area (Å²) >= 11 is 3.54. The Kier molecular flexibility index (Phi) is 6.07. The van der Waals surface area contributed by atoms with Gasteiger partial charge in [0.15, 0.2) is 0 Å². The zero-order chi connectivity index (χ0) is 20.4. The summed E-state index contributed by atoms with van der Waals surface area (Å²) in [6.45, 7) is 7.33. The minimum absolute atomic E-state index is 0.284. The van der Waals surface area contributed by atoms with Crippen molar-refractivity contribution in [1.82, 2.24) is 9.88 Å². The van der Waals surface area contributed by atoms with Crippen LogP contribution in [0.3, 0.4) is 0 Å². The SMILES string of the molecule is Cc1[nH]c2ccc(CCN3CCCC3)cc2c1C(=O)OC(C)c1ccccc1Br. The molecular weight excluding hydrogens is 428 g/mol. The summed E-state index contributed by atoms with van der Waals surface area (Å²) in [5, 5.41) is 0.950. The zero-order valence-corrected chi connectivity index (χ0v) is 18.6. The first-order chi connectivity index (χ1) is 14.0. The van der Waals surface area contributed by atoms with Gasteiger partial charge in [0.05, 0.1) is 5.56 Å². The Bertz CT molecular complexity index is 1020. The van der Waals surface area contributed by atoms with Crippen LogP contribution in [0.2, 0.25) is 0 Å². The van der Waals surface area contributed by atoms with Crippen LogP contribution in [0.15, 0.2) is 46.9 Å². The number of aromatic nitrogens is 1. The molecule has 1 fully saturated rings. The second-order valence-electron chi connectivity index (χ2n) is 7.87. The van der Waals surface area contributed by atoms with Gasteiger partial charge in [-0.2, -0.15) is 0 Å². The molecule has 4 rings (SSSR count). The number of H-pyrrole nitrogens is 1. The summed E-state index contributed by atoms with van der Waals surface area (Å²) in [4.78, 5) is 18.9. The lowest BCUT2D eigenvalue weighted by Crippen LogP contribution is -2.21. The fourth-order valence-corrected chi connectivity index (χ4v) is 4.78. The number of ether oxygens (including phenoxy) is 1. The highest BCUT2D eigenvalue weighted by atomic mass is 79.9. The maximum absolute atomic E-state index is 13.0.